The van der Waals surface area contributed by atoms with Crippen molar-refractivity contribution in [1.82, 2.24) is 4.57 Å². The number of hydrogen-bond acceptors (Lipinski definition) is 8. The Kier molecular flexibility index (Phi) is 10.5. The van der Waals surface area contributed by atoms with Crippen molar-refractivity contribution in [3.63, 3.8) is 0 Å². The van der Waals surface area contributed by atoms with Gasteiger partial charge in [0.05, 0.1) is 39.1 Å². The van der Waals surface area contributed by atoms with E-state index < -0.39 is 12.0 Å². The van der Waals surface area contributed by atoms with E-state index >= 15 is 0 Å². The highest BCUT2D eigenvalue weighted by molar-refractivity contribution is 14.1. The fourth-order valence-corrected chi connectivity index (χ4v) is 7.58. The zero-order valence-corrected chi connectivity index (χ0v) is 30.0. The van der Waals surface area contributed by atoms with E-state index in [0.717, 1.165) is 30.7 Å². The lowest BCUT2D eigenvalue weighted by Crippen LogP contribution is -2.40. The predicted octanol–water partition coefficient (Wildman–Crippen LogP) is 6.99. The van der Waals surface area contributed by atoms with Gasteiger partial charge in [-0.05, 0) is 94.9 Å². The van der Waals surface area contributed by atoms with Crippen LogP contribution in [0.5, 0.6) is 11.5 Å². The number of benzene rings is 4. The zero-order chi connectivity index (χ0) is 33.8. The van der Waals surface area contributed by atoms with Crippen molar-refractivity contribution in [1.29, 1.82) is 0 Å². The number of nitrogens with zero attached hydrogens (tertiary/aromatic N) is 2. The summed E-state index contributed by atoms with van der Waals surface area (Å²) in [5.41, 5.74) is 3.55. The first-order chi connectivity index (χ1) is 23.3. The van der Waals surface area contributed by atoms with Crippen LogP contribution in [0.3, 0.4) is 0 Å². The molecule has 6 rings (SSSR count). The van der Waals surface area contributed by atoms with E-state index in [1.54, 1.807) is 54.6 Å². The second kappa shape index (κ2) is 14.9. The van der Waals surface area contributed by atoms with Gasteiger partial charge in [-0.15, -0.1) is 11.8 Å². The van der Waals surface area contributed by atoms with Crippen LogP contribution in [0.4, 0.5) is 4.39 Å². The Bertz CT molecular complexity index is 2180. The number of halogens is 2. The summed E-state index contributed by atoms with van der Waals surface area (Å²) in [4.78, 5) is 34.5. The molecule has 5 aromatic rings. The van der Waals surface area contributed by atoms with Gasteiger partial charge < -0.3 is 14.2 Å². The number of thiazole rings is 1. The minimum atomic E-state index is -0.759. The van der Waals surface area contributed by atoms with Crippen LogP contribution in [0, 0.1) is 9.39 Å². The number of hydrogen-bond donors (Lipinski definition) is 0. The van der Waals surface area contributed by atoms with Crippen molar-refractivity contribution >= 4 is 63.4 Å². The molecule has 48 heavy (non-hydrogen) atoms. The quantitative estimate of drug-likeness (QED) is 0.0863. The minimum absolute atomic E-state index is 0.178. The van der Waals surface area contributed by atoms with Gasteiger partial charge in [-0.1, -0.05) is 65.9 Å². The average Bonchev–Trinajstić information content (AvgIpc) is 3.41. The van der Waals surface area contributed by atoms with E-state index in [0.29, 0.717) is 32.1 Å². The summed E-state index contributed by atoms with van der Waals surface area (Å²) in [5, 5.41) is 0. The van der Waals surface area contributed by atoms with Crippen molar-refractivity contribution in [2.75, 3.05) is 20.0 Å². The summed E-state index contributed by atoms with van der Waals surface area (Å²) in [6.45, 7) is 2.17. The van der Waals surface area contributed by atoms with Gasteiger partial charge in [-0.3, -0.25) is 9.36 Å². The first-order valence-corrected chi connectivity index (χ1v) is 18.1. The zero-order valence-electron chi connectivity index (χ0n) is 26.2. The monoisotopic (exact) mass is 792 g/mol. The number of fused-ring (bicyclic) bond motifs is 1. The highest BCUT2D eigenvalue weighted by atomic mass is 127. The summed E-state index contributed by atoms with van der Waals surface area (Å²) >= 11 is 5.04. The molecule has 0 unspecified atom stereocenters. The topological polar surface area (TPSA) is 79.1 Å². The van der Waals surface area contributed by atoms with Gasteiger partial charge in [0, 0.05) is 10.5 Å². The summed E-state index contributed by atoms with van der Waals surface area (Å²) in [5.74, 6) is 0.199. The van der Waals surface area contributed by atoms with Crippen LogP contribution in [0.25, 0.3) is 11.8 Å². The number of aromatic nitrogens is 1. The first-order valence-electron chi connectivity index (χ1n) is 15.0. The Morgan fingerprint density at radius 3 is 2.46 bits per heavy atom. The lowest BCUT2D eigenvalue weighted by Gasteiger charge is -2.26. The number of carbonyl (C=O) groups excluding carboxylic acids is 1. The number of ether oxygens (including phenoxy) is 3. The van der Waals surface area contributed by atoms with E-state index in [1.807, 2.05) is 66.9 Å². The molecule has 0 N–H and O–H groups in total. The van der Waals surface area contributed by atoms with Crippen molar-refractivity contribution < 1.29 is 23.4 Å². The Balaban J connectivity index is 1.49. The molecule has 4 aromatic carbocycles. The van der Waals surface area contributed by atoms with E-state index in [4.69, 9.17) is 19.2 Å². The highest BCUT2D eigenvalue weighted by Crippen LogP contribution is 2.37. The SMILES string of the molecule is CCOC(=O)C1=C(c2ccccc2)N=c2s/c(=C\c3cc(I)c(OCc4ccc(F)cc4)c(OC)c3)c(=O)n2[C@@H]1c1ccc(SC)cc1. The maximum atomic E-state index is 14.3. The molecule has 0 amide bonds. The molecule has 244 valence electrons. The Hall–Kier alpha value is -4.20. The second-order valence-corrected chi connectivity index (χ2v) is 13.7. The third-order valence-electron chi connectivity index (χ3n) is 7.65. The first kappa shape index (κ1) is 33.7. The van der Waals surface area contributed by atoms with E-state index in [2.05, 4.69) is 22.6 Å². The molecule has 0 spiro atoms. The third kappa shape index (κ3) is 6.99. The number of carbonyl (C=O) groups is 1. The summed E-state index contributed by atoms with van der Waals surface area (Å²) in [6, 6.07) is 26.4. The lowest BCUT2D eigenvalue weighted by atomic mass is 9.93. The summed E-state index contributed by atoms with van der Waals surface area (Å²) in [6.07, 6.45) is 3.79. The van der Waals surface area contributed by atoms with Gasteiger partial charge in [0.1, 0.15) is 12.4 Å². The fourth-order valence-electron chi connectivity index (χ4n) is 5.39. The van der Waals surface area contributed by atoms with Crippen molar-refractivity contribution in [2.24, 2.45) is 4.99 Å². The number of rotatable bonds is 10. The van der Waals surface area contributed by atoms with Gasteiger partial charge in [0.2, 0.25) is 0 Å². The van der Waals surface area contributed by atoms with Gasteiger partial charge in [-0.25, -0.2) is 14.2 Å². The van der Waals surface area contributed by atoms with Crippen LogP contribution in [-0.2, 0) is 16.1 Å². The molecule has 11 heteroatoms. The molecule has 1 atom stereocenters. The Morgan fingerprint density at radius 1 is 1.06 bits per heavy atom. The highest BCUT2D eigenvalue weighted by Gasteiger charge is 2.35. The van der Waals surface area contributed by atoms with Crippen molar-refractivity contribution in [3.8, 4) is 11.5 Å². The lowest BCUT2D eigenvalue weighted by molar-refractivity contribution is -0.138. The smallest absolute Gasteiger partial charge is 0.338 e. The maximum absolute atomic E-state index is 14.3. The predicted molar refractivity (Wildman–Crippen MR) is 196 cm³/mol. The van der Waals surface area contributed by atoms with Crippen LogP contribution in [-0.4, -0.2) is 30.5 Å². The largest absolute Gasteiger partial charge is 0.493 e. The van der Waals surface area contributed by atoms with Crippen LogP contribution in [0.15, 0.2) is 111 Å². The number of methoxy groups -OCH3 is 1. The molecule has 0 saturated heterocycles. The van der Waals surface area contributed by atoms with Gasteiger partial charge >= 0.3 is 5.97 Å². The Morgan fingerprint density at radius 2 is 1.79 bits per heavy atom. The summed E-state index contributed by atoms with van der Waals surface area (Å²) < 4.78 is 33.5. The molecule has 1 aromatic heterocycles. The average molecular weight is 793 g/mol. The molecule has 1 aliphatic rings. The van der Waals surface area contributed by atoms with Gasteiger partial charge in [0.15, 0.2) is 16.3 Å². The summed E-state index contributed by atoms with van der Waals surface area (Å²) in [7, 11) is 1.55. The number of esters is 1. The molecule has 0 aliphatic carbocycles. The molecule has 7 nitrogen and oxygen atoms in total. The molecule has 0 fully saturated rings. The molecule has 0 bridgehead atoms. The third-order valence-corrected chi connectivity index (χ3v) is 10.2. The van der Waals surface area contributed by atoms with Gasteiger partial charge in [0.25, 0.3) is 5.56 Å². The van der Waals surface area contributed by atoms with Crippen LogP contribution >= 0.6 is 45.7 Å². The molecule has 0 radical (unpaired) electrons. The molecular formula is C37H30FIN2O5S2. The van der Waals surface area contributed by atoms with Crippen molar-refractivity contribution in [3.05, 3.63) is 148 Å². The van der Waals surface area contributed by atoms with E-state index in [9.17, 15) is 14.0 Å². The van der Waals surface area contributed by atoms with Gasteiger partial charge in [-0.2, -0.15) is 0 Å². The normalized spacial score (nSPS) is 14.4. The minimum Gasteiger partial charge on any atom is -0.493 e. The molecule has 0 saturated carbocycles. The van der Waals surface area contributed by atoms with Crippen LogP contribution < -0.4 is 24.4 Å². The fraction of sp³-hybridized carbons (Fsp3) is 0.162. The maximum Gasteiger partial charge on any atom is 0.338 e. The van der Waals surface area contributed by atoms with Crippen LogP contribution in [0.1, 0.15) is 35.2 Å². The van der Waals surface area contributed by atoms with Crippen LogP contribution in [0.2, 0.25) is 0 Å². The van der Waals surface area contributed by atoms with E-state index in [-0.39, 0.29) is 24.6 Å². The second-order valence-electron chi connectivity index (χ2n) is 10.7. The molecule has 1 aliphatic heterocycles. The molecule has 2 heterocycles. The van der Waals surface area contributed by atoms with Crippen molar-refractivity contribution in [2.45, 2.75) is 24.5 Å². The standard InChI is InChI=1S/C37H30FIN2O5S2/c1-4-45-36(43)31-32(24-8-6-5-7-9-24)40-37-41(33(31)25-12-16-27(47-3)17-13-25)35(42)30(48-37)20-23-18-28(39)34(29(19-23)44-2)46-21-22-10-14-26(38)15-11-22/h5-20,33H,4,21H2,1-3H3/b30-20-/t33-/m1/s1. The molecular weight excluding hydrogens is 762 g/mol. The van der Waals surface area contributed by atoms with E-state index in [1.165, 1.54) is 23.5 Å². The number of thioether (sulfide) groups is 1. The Labute approximate surface area is 298 Å².